The number of methoxy groups -OCH3 is 2. The summed E-state index contributed by atoms with van der Waals surface area (Å²) in [7, 11) is 3.07. The molecule has 2 amide bonds. The first-order valence-electron chi connectivity index (χ1n) is 9.72. The number of benzene rings is 2. The van der Waals surface area contributed by atoms with E-state index >= 15 is 0 Å². The minimum Gasteiger partial charge on any atom is -0.497 e. The Bertz CT molecular complexity index is 988. The molecule has 2 aliphatic rings. The molecule has 0 radical (unpaired) electrons. The summed E-state index contributed by atoms with van der Waals surface area (Å²) in [6.45, 7) is 3.55. The van der Waals surface area contributed by atoms with Gasteiger partial charge in [-0.25, -0.2) is 4.90 Å². The van der Waals surface area contributed by atoms with Crippen molar-refractivity contribution < 1.29 is 19.1 Å². The van der Waals surface area contributed by atoms with Crippen molar-refractivity contribution in [3.63, 3.8) is 0 Å². The SMILES string of the molecule is COc1ccc(N2C(=O)C(c3ccc(C)cc3)=C(N3CCCC3)C2=O)c(OC)c1. The quantitative estimate of drug-likeness (QED) is 0.730. The molecule has 2 heterocycles. The Morgan fingerprint density at radius 1 is 0.862 bits per heavy atom. The molecule has 0 aliphatic carbocycles. The first-order valence-corrected chi connectivity index (χ1v) is 9.72. The lowest BCUT2D eigenvalue weighted by atomic mass is 10.0. The number of imide groups is 1. The lowest BCUT2D eigenvalue weighted by Crippen LogP contribution is -2.34. The smallest absolute Gasteiger partial charge is 0.282 e. The molecule has 2 aliphatic heterocycles. The highest BCUT2D eigenvalue weighted by Crippen LogP contribution is 2.40. The maximum atomic E-state index is 13.5. The van der Waals surface area contributed by atoms with Gasteiger partial charge in [0.15, 0.2) is 0 Å². The lowest BCUT2D eigenvalue weighted by molar-refractivity contribution is -0.120. The van der Waals surface area contributed by atoms with E-state index in [1.807, 2.05) is 36.1 Å². The Morgan fingerprint density at radius 3 is 2.17 bits per heavy atom. The van der Waals surface area contributed by atoms with E-state index in [0.29, 0.717) is 28.5 Å². The van der Waals surface area contributed by atoms with Gasteiger partial charge in [0.1, 0.15) is 17.2 Å². The lowest BCUT2D eigenvalue weighted by Gasteiger charge is -2.21. The zero-order valence-electron chi connectivity index (χ0n) is 16.9. The van der Waals surface area contributed by atoms with Crippen LogP contribution in [0.2, 0.25) is 0 Å². The Hall–Kier alpha value is -3.28. The maximum absolute atomic E-state index is 13.5. The van der Waals surface area contributed by atoms with Crippen molar-refractivity contribution >= 4 is 23.1 Å². The summed E-state index contributed by atoms with van der Waals surface area (Å²) in [5.74, 6) is 0.369. The molecule has 0 unspecified atom stereocenters. The van der Waals surface area contributed by atoms with Crippen molar-refractivity contribution in [2.24, 2.45) is 0 Å². The van der Waals surface area contributed by atoms with Gasteiger partial charge in [0, 0.05) is 19.2 Å². The first kappa shape index (κ1) is 19.1. The Morgan fingerprint density at radius 2 is 1.55 bits per heavy atom. The van der Waals surface area contributed by atoms with Gasteiger partial charge in [-0.2, -0.15) is 0 Å². The minimum absolute atomic E-state index is 0.309. The molecule has 0 N–H and O–H groups in total. The van der Waals surface area contributed by atoms with E-state index in [-0.39, 0.29) is 11.8 Å². The number of nitrogens with zero attached hydrogens (tertiary/aromatic N) is 2. The van der Waals surface area contributed by atoms with E-state index in [1.54, 1.807) is 25.3 Å². The number of hydrogen-bond donors (Lipinski definition) is 0. The number of hydrogen-bond acceptors (Lipinski definition) is 5. The molecular weight excluding hydrogens is 368 g/mol. The molecule has 1 fully saturated rings. The van der Waals surface area contributed by atoms with E-state index in [9.17, 15) is 9.59 Å². The third kappa shape index (κ3) is 3.24. The average molecular weight is 392 g/mol. The fourth-order valence-electron chi connectivity index (χ4n) is 3.92. The van der Waals surface area contributed by atoms with Crippen molar-refractivity contribution in [1.82, 2.24) is 4.90 Å². The molecule has 6 nitrogen and oxygen atoms in total. The van der Waals surface area contributed by atoms with E-state index in [2.05, 4.69) is 0 Å². The second kappa shape index (κ2) is 7.62. The maximum Gasteiger partial charge on any atom is 0.282 e. The first-order chi connectivity index (χ1) is 14.0. The predicted molar refractivity (Wildman–Crippen MR) is 111 cm³/mol. The standard InChI is InChI=1S/C23H24N2O4/c1-15-6-8-16(9-7-15)20-21(24-12-4-5-13-24)23(27)25(22(20)26)18-11-10-17(28-2)14-19(18)29-3/h6-11,14H,4-5,12-13H2,1-3H3. The van der Waals surface area contributed by atoms with Gasteiger partial charge in [-0.3, -0.25) is 9.59 Å². The molecule has 1 saturated heterocycles. The van der Waals surface area contributed by atoms with Gasteiger partial charge in [-0.05, 0) is 37.5 Å². The molecule has 0 saturated carbocycles. The number of aryl methyl sites for hydroxylation is 1. The number of carbonyl (C=O) groups excluding carboxylic acids is 2. The number of rotatable bonds is 5. The fourth-order valence-corrected chi connectivity index (χ4v) is 3.92. The summed E-state index contributed by atoms with van der Waals surface area (Å²) in [6.07, 6.45) is 2.02. The molecule has 2 aromatic rings. The normalized spacial score (nSPS) is 16.8. The van der Waals surface area contributed by atoms with Gasteiger partial charge in [0.25, 0.3) is 11.8 Å². The van der Waals surface area contributed by atoms with Crippen LogP contribution in [0.3, 0.4) is 0 Å². The highest BCUT2D eigenvalue weighted by atomic mass is 16.5. The minimum atomic E-state index is -0.329. The Balaban J connectivity index is 1.83. The van der Waals surface area contributed by atoms with E-state index < -0.39 is 0 Å². The highest BCUT2D eigenvalue weighted by Gasteiger charge is 2.43. The Kier molecular flexibility index (Phi) is 5.01. The summed E-state index contributed by atoms with van der Waals surface area (Å²) in [5, 5.41) is 0. The van der Waals surface area contributed by atoms with Gasteiger partial charge in [0.2, 0.25) is 0 Å². The molecule has 29 heavy (non-hydrogen) atoms. The molecule has 0 spiro atoms. The van der Waals surface area contributed by atoms with Crippen LogP contribution < -0.4 is 14.4 Å². The van der Waals surface area contributed by atoms with Crippen LogP contribution in [0, 0.1) is 6.92 Å². The van der Waals surface area contributed by atoms with E-state index in [4.69, 9.17) is 9.47 Å². The Labute approximate surface area is 170 Å². The summed E-state index contributed by atoms with van der Waals surface area (Å²) in [4.78, 5) is 30.3. The van der Waals surface area contributed by atoms with Crippen LogP contribution in [-0.4, -0.2) is 44.0 Å². The third-order valence-corrected chi connectivity index (χ3v) is 5.45. The van der Waals surface area contributed by atoms with Gasteiger partial charge in [0.05, 0.1) is 25.5 Å². The summed E-state index contributed by atoms with van der Waals surface area (Å²) >= 11 is 0. The highest BCUT2D eigenvalue weighted by molar-refractivity contribution is 6.45. The van der Waals surface area contributed by atoms with Gasteiger partial charge in [-0.1, -0.05) is 29.8 Å². The van der Waals surface area contributed by atoms with Crippen LogP contribution >= 0.6 is 0 Å². The van der Waals surface area contributed by atoms with Crippen LogP contribution in [0.15, 0.2) is 48.2 Å². The number of amides is 2. The molecule has 2 aromatic carbocycles. The number of ether oxygens (including phenoxy) is 2. The van der Waals surface area contributed by atoms with Crippen LogP contribution in [0.25, 0.3) is 5.57 Å². The van der Waals surface area contributed by atoms with Crippen molar-refractivity contribution in [3.8, 4) is 11.5 Å². The zero-order valence-corrected chi connectivity index (χ0v) is 16.9. The van der Waals surface area contributed by atoms with Crippen LogP contribution in [-0.2, 0) is 9.59 Å². The van der Waals surface area contributed by atoms with Gasteiger partial charge >= 0.3 is 0 Å². The monoisotopic (exact) mass is 392 g/mol. The molecule has 150 valence electrons. The molecular formula is C23H24N2O4. The molecule has 0 atom stereocenters. The largest absolute Gasteiger partial charge is 0.497 e. The molecule has 0 aromatic heterocycles. The van der Waals surface area contributed by atoms with Crippen molar-refractivity contribution in [2.75, 3.05) is 32.2 Å². The van der Waals surface area contributed by atoms with Crippen molar-refractivity contribution in [1.29, 1.82) is 0 Å². The van der Waals surface area contributed by atoms with Crippen LogP contribution in [0.1, 0.15) is 24.0 Å². The van der Waals surface area contributed by atoms with E-state index in [1.165, 1.54) is 12.0 Å². The summed E-state index contributed by atoms with van der Waals surface area (Å²) in [6, 6.07) is 12.8. The topological polar surface area (TPSA) is 59.1 Å². The molecule has 6 heteroatoms. The second-order valence-corrected chi connectivity index (χ2v) is 7.27. The fraction of sp³-hybridized carbons (Fsp3) is 0.304. The number of likely N-dealkylation sites (tertiary alicyclic amines) is 1. The van der Waals surface area contributed by atoms with Crippen molar-refractivity contribution in [3.05, 3.63) is 59.3 Å². The van der Waals surface area contributed by atoms with Gasteiger partial charge < -0.3 is 14.4 Å². The molecule has 0 bridgehead atoms. The summed E-state index contributed by atoms with van der Waals surface area (Å²) < 4.78 is 10.7. The van der Waals surface area contributed by atoms with Crippen LogP contribution in [0.5, 0.6) is 11.5 Å². The number of carbonyl (C=O) groups is 2. The predicted octanol–water partition coefficient (Wildman–Crippen LogP) is 3.39. The van der Waals surface area contributed by atoms with Gasteiger partial charge in [-0.15, -0.1) is 0 Å². The zero-order chi connectivity index (χ0) is 20.5. The summed E-state index contributed by atoms with van der Waals surface area (Å²) in [5.41, 5.74) is 3.21. The molecule has 4 rings (SSSR count). The van der Waals surface area contributed by atoms with Crippen molar-refractivity contribution in [2.45, 2.75) is 19.8 Å². The van der Waals surface area contributed by atoms with Crippen LogP contribution in [0.4, 0.5) is 5.69 Å². The number of anilines is 1. The third-order valence-electron chi connectivity index (χ3n) is 5.45. The second-order valence-electron chi connectivity index (χ2n) is 7.27. The van der Waals surface area contributed by atoms with E-state index in [0.717, 1.165) is 37.1 Å². The average Bonchev–Trinajstić information content (AvgIpc) is 3.34.